The van der Waals surface area contributed by atoms with Gasteiger partial charge in [0.1, 0.15) is 0 Å². The maximum Gasteiger partial charge on any atom is 0.309 e. The summed E-state index contributed by atoms with van der Waals surface area (Å²) in [4.78, 5) is 14.7. The van der Waals surface area contributed by atoms with Gasteiger partial charge in [-0.25, -0.2) is 9.99 Å². The van der Waals surface area contributed by atoms with Crippen LogP contribution in [0, 0.1) is 0 Å². The molecule has 0 unspecified atom stereocenters. The largest absolute Gasteiger partial charge is 0.481 e. The van der Waals surface area contributed by atoms with Gasteiger partial charge in [0.05, 0.1) is 12.1 Å². The van der Waals surface area contributed by atoms with Gasteiger partial charge < -0.3 is 5.11 Å². The summed E-state index contributed by atoms with van der Waals surface area (Å²) < 4.78 is 0. The van der Waals surface area contributed by atoms with Crippen LogP contribution in [0.15, 0.2) is 5.38 Å². The maximum absolute atomic E-state index is 10.5. The number of carbonyl (C=O) groups is 1. The Morgan fingerprint density at radius 2 is 2.25 bits per heavy atom. The molecule has 0 aromatic carbocycles. The van der Waals surface area contributed by atoms with Crippen LogP contribution < -0.4 is 5.43 Å². The van der Waals surface area contributed by atoms with E-state index >= 15 is 0 Å². The maximum atomic E-state index is 10.5. The van der Waals surface area contributed by atoms with Crippen molar-refractivity contribution in [3.05, 3.63) is 11.1 Å². The third-order valence-electron chi connectivity index (χ3n) is 2.49. The van der Waals surface area contributed by atoms with Crippen LogP contribution in [0.5, 0.6) is 0 Å². The van der Waals surface area contributed by atoms with Gasteiger partial charge in [-0.2, -0.15) is 0 Å². The number of nitrogens with one attached hydrogen (secondary N) is 1. The van der Waals surface area contributed by atoms with Gasteiger partial charge in [0.25, 0.3) is 0 Å². The Morgan fingerprint density at radius 3 is 2.94 bits per heavy atom. The molecule has 2 rings (SSSR count). The van der Waals surface area contributed by atoms with E-state index in [9.17, 15) is 4.79 Å². The smallest absolute Gasteiger partial charge is 0.309 e. The number of hydrazine groups is 1. The molecule has 1 fully saturated rings. The van der Waals surface area contributed by atoms with Crippen molar-refractivity contribution >= 4 is 22.4 Å². The van der Waals surface area contributed by atoms with Gasteiger partial charge >= 0.3 is 5.97 Å². The predicted octanol–water partition coefficient (Wildman–Crippen LogP) is 1.58. The van der Waals surface area contributed by atoms with Crippen molar-refractivity contribution in [3.8, 4) is 0 Å². The van der Waals surface area contributed by atoms with E-state index in [1.165, 1.54) is 30.6 Å². The Bertz CT molecular complexity index is 361. The highest BCUT2D eigenvalue weighted by Crippen LogP contribution is 2.18. The van der Waals surface area contributed by atoms with E-state index in [2.05, 4.69) is 15.4 Å². The topological polar surface area (TPSA) is 65.5 Å². The fraction of sp³-hybridized carbons (Fsp3) is 0.600. The lowest BCUT2D eigenvalue weighted by Gasteiger charge is -2.26. The SMILES string of the molecule is O=C(O)Cc1csc(NN2CCCCC2)n1. The monoisotopic (exact) mass is 241 g/mol. The molecule has 0 amide bonds. The van der Waals surface area contributed by atoms with Gasteiger partial charge in [0.15, 0.2) is 5.13 Å². The quantitative estimate of drug-likeness (QED) is 0.838. The fourth-order valence-corrected chi connectivity index (χ4v) is 2.47. The molecule has 1 aliphatic rings. The Balaban J connectivity index is 1.88. The zero-order valence-corrected chi connectivity index (χ0v) is 9.79. The van der Waals surface area contributed by atoms with Crippen molar-refractivity contribution in [2.24, 2.45) is 0 Å². The number of rotatable bonds is 4. The second kappa shape index (κ2) is 5.27. The zero-order chi connectivity index (χ0) is 11.4. The predicted molar refractivity (Wildman–Crippen MR) is 62.5 cm³/mol. The molecular formula is C10H15N3O2S. The molecule has 1 aromatic rings. The average Bonchev–Trinajstić information content (AvgIpc) is 2.66. The number of thiazole rings is 1. The summed E-state index contributed by atoms with van der Waals surface area (Å²) in [6.07, 6.45) is 3.71. The Hall–Kier alpha value is -1.14. The van der Waals surface area contributed by atoms with Crippen LogP contribution >= 0.6 is 11.3 Å². The van der Waals surface area contributed by atoms with Gasteiger partial charge in [0.2, 0.25) is 0 Å². The summed E-state index contributed by atoms with van der Waals surface area (Å²) in [6, 6.07) is 0. The van der Waals surface area contributed by atoms with Crippen molar-refractivity contribution in [2.75, 3.05) is 18.5 Å². The molecule has 1 aliphatic heterocycles. The van der Waals surface area contributed by atoms with Gasteiger partial charge in [-0.15, -0.1) is 11.3 Å². The number of piperidine rings is 1. The molecule has 0 radical (unpaired) electrons. The summed E-state index contributed by atoms with van der Waals surface area (Å²) in [5.41, 5.74) is 3.84. The van der Waals surface area contributed by atoms with Crippen molar-refractivity contribution in [1.29, 1.82) is 0 Å². The van der Waals surface area contributed by atoms with E-state index in [1.807, 2.05) is 0 Å². The molecule has 5 nitrogen and oxygen atoms in total. The molecule has 0 atom stereocenters. The van der Waals surface area contributed by atoms with E-state index in [1.54, 1.807) is 5.38 Å². The molecule has 2 heterocycles. The first-order valence-corrected chi connectivity index (χ1v) is 6.30. The second-order valence-electron chi connectivity index (χ2n) is 3.87. The lowest BCUT2D eigenvalue weighted by atomic mass is 10.2. The average molecular weight is 241 g/mol. The Labute approximate surface area is 98.1 Å². The Morgan fingerprint density at radius 1 is 1.50 bits per heavy atom. The molecule has 1 aromatic heterocycles. The number of nitrogens with zero attached hydrogens (tertiary/aromatic N) is 2. The number of aromatic nitrogens is 1. The minimum absolute atomic E-state index is 0.00181. The fourth-order valence-electron chi connectivity index (χ4n) is 1.74. The molecule has 1 saturated heterocycles. The first kappa shape index (κ1) is 11.3. The number of anilines is 1. The van der Waals surface area contributed by atoms with Gasteiger partial charge in [-0.1, -0.05) is 6.42 Å². The van der Waals surface area contributed by atoms with Crippen LogP contribution in [0.4, 0.5) is 5.13 Å². The summed E-state index contributed by atoms with van der Waals surface area (Å²) in [7, 11) is 0. The van der Waals surface area contributed by atoms with Crippen LogP contribution in [0.3, 0.4) is 0 Å². The molecule has 6 heteroatoms. The molecular weight excluding hydrogens is 226 g/mol. The van der Waals surface area contributed by atoms with Crippen LogP contribution in [-0.2, 0) is 11.2 Å². The van der Waals surface area contributed by atoms with Crippen molar-refractivity contribution in [1.82, 2.24) is 9.99 Å². The van der Waals surface area contributed by atoms with E-state index in [0.717, 1.165) is 18.2 Å². The standard InChI is InChI=1S/C10H15N3O2S/c14-9(15)6-8-7-16-10(11-8)12-13-4-2-1-3-5-13/h7H,1-6H2,(H,11,12)(H,14,15). The number of hydrogen-bond acceptors (Lipinski definition) is 5. The molecule has 0 saturated carbocycles. The number of hydrogen-bond donors (Lipinski definition) is 2. The summed E-state index contributed by atoms with van der Waals surface area (Å²) >= 11 is 1.46. The summed E-state index contributed by atoms with van der Waals surface area (Å²) in [5, 5.41) is 13.4. The van der Waals surface area contributed by atoms with Crippen LogP contribution in [0.2, 0.25) is 0 Å². The van der Waals surface area contributed by atoms with Crippen LogP contribution in [0.25, 0.3) is 0 Å². The molecule has 88 valence electrons. The third-order valence-corrected chi connectivity index (χ3v) is 3.29. The second-order valence-corrected chi connectivity index (χ2v) is 4.73. The van der Waals surface area contributed by atoms with Crippen molar-refractivity contribution in [2.45, 2.75) is 25.7 Å². The van der Waals surface area contributed by atoms with Gasteiger partial charge in [0, 0.05) is 18.5 Å². The highest BCUT2D eigenvalue weighted by molar-refractivity contribution is 7.13. The first-order chi connectivity index (χ1) is 7.74. The normalized spacial score (nSPS) is 17.2. The van der Waals surface area contributed by atoms with Gasteiger partial charge in [-0.3, -0.25) is 10.2 Å². The number of carboxylic acid groups (broad SMARTS) is 1. The lowest BCUT2D eigenvalue weighted by molar-refractivity contribution is -0.136. The summed E-state index contributed by atoms with van der Waals surface area (Å²) in [5.74, 6) is -0.838. The molecule has 2 N–H and O–H groups in total. The molecule has 0 aliphatic carbocycles. The zero-order valence-electron chi connectivity index (χ0n) is 8.98. The minimum atomic E-state index is -0.838. The number of aliphatic carboxylic acids is 1. The molecule has 0 bridgehead atoms. The highest BCUT2D eigenvalue weighted by Gasteiger charge is 2.12. The van der Waals surface area contributed by atoms with E-state index in [-0.39, 0.29) is 6.42 Å². The Kier molecular flexibility index (Phi) is 3.74. The lowest BCUT2D eigenvalue weighted by Crippen LogP contribution is -2.34. The van der Waals surface area contributed by atoms with Crippen molar-refractivity contribution < 1.29 is 9.90 Å². The first-order valence-electron chi connectivity index (χ1n) is 5.42. The minimum Gasteiger partial charge on any atom is -0.481 e. The number of carboxylic acids is 1. The van der Waals surface area contributed by atoms with Crippen molar-refractivity contribution in [3.63, 3.8) is 0 Å². The highest BCUT2D eigenvalue weighted by atomic mass is 32.1. The summed E-state index contributed by atoms with van der Waals surface area (Å²) in [6.45, 7) is 2.07. The van der Waals surface area contributed by atoms with Gasteiger partial charge in [-0.05, 0) is 12.8 Å². The van der Waals surface area contributed by atoms with Crippen LogP contribution in [-0.4, -0.2) is 34.2 Å². The van der Waals surface area contributed by atoms with E-state index in [0.29, 0.717) is 5.69 Å². The third kappa shape index (κ3) is 3.18. The van der Waals surface area contributed by atoms with E-state index < -0.39 is 5.97 Å². The molecule has 16 heavy (non-hydrogen) atoms. The van der Waals surface area contributed by atoms with Crippen LogP contribution in [0.1, 0.15) is 25.0 Å². The van der Waals surface area contributed by atoms with E-state index in [4.69, 9.17) is 5.11 Å². The molecule has 0 spiro atoms.